The molecule has 1 rings (SSSR count). The number of thioether (sulfide) groups is 1. The van der Waals surface area contributed by atoms with Gasteiger partial charge in [0, 0.05) is 0 Å². The zero-order valence-corrected chi connectivity index (χ0v) is 10.9. The van der Waals surface area contributed by atoms with E-state index in [1.807, 2.05) is 11.8 Å². The molecule has 0 aromatic carbocycles. The van der Waals surface area contributed by atoms with Crippen LogP contribution in [-0.2, 0) is 0 Å². The molecule has 0 saturated heterocycles. The first kappa shape index (κ1) is 12.9. The Kier molecular flexibility index (Phi) is 5.53. The molecule has 0 unspecified atom stereocenters. The fourth-order valence-electron chi connectivity index (χ4n) is 2.61. The zero-order chi connectivity index (χ0) is 11.1. The molecule has 2 heteroatoms. The van der Waals surface area contributed by atoms with Gasteiger partial charge >= 0.3 is 0 Å². The molecule has 1 saturated carbocycles. The van der Waals surface area contributed by atoms with Gasteiger partial charge in [0.05, 0.1) is 11.5 Å². The van der Waals surface area contributed by atoms with E-state index in [9.17, 15) is 5.26 Å². The van der Waals surface area contributed by atoms with Crippen molar-refractivity contribution in [2.24, 2.45) is 11.3 Å². The minimum atomic E-state index is 0.0431. The third-order valence-corrected chi connectivity index (χ3v) is 4.58. The first-order valence-corrected chi connectivity index (χ1v) is 7.56. The third kappa shape index (κ3) is 3.72. The Morgan fingerprint density at radius 3 is 2.53 bits per heavy atom. The summed E-state index contributed by atoms with van der Waals surface area (Å²) in [5, 5.41) is 9.34. The Hall–Kier alpha value is -0.160. The maximum atomic E-state index is 9.34. The largest absolute Gasteiger partial charge is 0.198 e. The Morgan fingerprint density at radius 2 is 2.07 bits per heavy atom. The van der Waals surface area contributed by atoms with E-state index in [0.717, 1.165) is 25.2 Å². The fraction of sp³-hybridized carbons (Fsp3) is 0.923. The van der Waals surface area contributed by atoms with Crippen LogP contribution >= 0.6 is 11.8 Å². The summed E-state index contributed by atoms with van der Waals surface area (Å²) in [5.74, 6) is 2.10. The molecule has 15 heavy (non-hydrogen) atoms. The minimum absolute atomic E-state index is 0.0431. The predicted octanol–water partition coefficient (Wildman–Crippen LogP) is 4.24. The van der Waals surface area contributed by atoms with Crippen molar-refractivity contribution in [3.63, 3.8) is 0 Å². The van der Waals surface area contributed by atoms with Crippen molar-refractivity contribution in [3.8, 4) is 6.07 Å². The van der Waals surface area contributed by atoms with Crippen molar-refractivity contribution in [1.82, 2.24) is 0 Å². The van der Waals surface area contributed by atoms with Gasteiger partial charge in [0.1, 0.15) is 0 Å². The zero-order valence-electron chi connectivity index (χ0n) is 10.1. The van der Waals surface area contributed by atoms with Gasteiger partial charge in [-0.1, -0.05) is 13.3 Å². The molecule has 0 amide bonds. The maximum absolute atomic E-state index is 9.34. The van der Waals surface area contributed by atoms with Gasteiger partial charge in [-0.15, -0.1) is 0 Å². The Balaban J connectivity index is 2.39. The molecule has 1 aliphatic carbocycles. The molecule has 0 aromatic heterocycles. The van der Waals surface area contributed by atoms with Crippen molar-refractivity contribution in [1.29, 1.82) is 5.26 Å². The lowest BCUT2D eigenvalue weighted by Gasteiger charge is -2.34. The van der Waals surface area contributed by atoms with Crippen LogP contribution in [-0.4, -0.2) is 12.0 Å². The smallest absolute Gasteiger partial charge is 0.0689 e. The van der Waals surface area contributed by atoms with E-state index in [0.29, 0.717) is 0 Å². The Labute approximate surface area is 98.6 Å². The molecule has 0 aliphatic heterocycles. The van der Waals surface area contributed by atoms with Crippen LogP contribution < -0.4 is 0 Å². The van der Waals surface area contributed by atoms with E-state index < -0.39 is 0 Å². The SMILES string of the molecule is CCC1CCC(C#N)(CCCSC)CC1. The monoisotopic (exact) mass is 225 g/mol. The van der Waals surface area contributed by atoms with Crippen molar-refractivity contribution in [2.45, 2.75) is 51.9 Å². The molecule has 1 nitrogen and oxygen atoms in total. The number of nitriles is 1. The second-order valence-corrected chi connectivity index (χ2v) is 5.83. The van der Waals surface area contributed by atoms with Crippen molar-refractivity contribution < 1.29 is 0 Å². The average Bonchev–Trinajstić information content (AvgIpc) is 2.30. The second-order valence-electron chi connectivity index (χ2n) is 4.84. The first-order valence-electron chi connectivity index (χ1n) is 6.16. The maximum Gasteiger partial charge on any atom is 0.0689 e. The lowest BCUT2D eigenvalue weighted by molar-refractivity contribution is 0.193. The lowest BCUT2D eigenvalue weighted by atomic mass is 9.68. The number of hydrogen-bond acceptors (Lipinski definition) is 2. The van der Waals surface area contributed by atoms with E-state index in [4.69, 9.17) is 0 Å². The molecule has 0 spiro atoms. The van der Waals surface area contributed by atoms with Gasteiger partial charge in [0.15, 0.2) is 0 Å². The van der Waals surface area contributed by atoms with E-state index in [2.05, 4.69) is 19.2 Å². The quantitative estimate of drug-likeness (QED) is 0.653. The molecule has 0 N–H and O–H groups in total. The molecule has 0 heterocycles. The summed E-state index contributed by atoms with van der Waals surface area (Å²) in [6.07, 6.45) is 10.6. The lowest BCUT2D eigenvalue weighted by Crippen LogP contribution is -2.26. The van der Waals surface area contributed by atoms with Gasteiger partial charge in [-0.2, -0.15) is 17.0 Å². The summed E-state index contributed by atoms with van der Waals surface area (Å²) in [6, 6.07) is 2.61. The molecule has 86 valence electrons. The van der Waals surface area contributed by atoms with Crippen LogP contribution in [0, 0.1) is 22.7 Å². The van der Waals surface area contributed by atoms with Gasteiger partial charge in [0.2, 0.25) is 0 Å². The van der Waals surface area contributed by atoms with E-state index in [1.54, 1.807) is 0 Å². The molecule has 1 aliphatic rings. The van der Waals surface area contributed by atoms with Crippen LogP contribution in [0.25, 0.3) is 0 Å². The molecule has 0 atom stereocenters. The fourth-order valence-corrected chi connectivity index (χ4v) is 3.04. The van der Waals surface area contributed by atoms with Gasteiger partial charge in [-0.3, -0.25) is 0 Å². The van der Waals surface area contributed by atoms with Crippen LogP contribution in [0.3, 0.4) is 0 Å². The van der Waals surface area contributed by atoms with Crippen LogP contribution in [0.5, 0.6) is 0 Å². The van der Waals surface area contributed by atoms with E-state index in [1.165, 1.54) is 31.4 Å². The van der Waals surface area contributed by atoms with Gasteiger partial charge in [0.25, 0.3) is 0 Å². The molecule has 0 bridgehead atoms. The van der Waals surface area contributed by atoms with Gasteiger partial charge < -0.3 is 0 Å². The second kappa shape index (κ2) is 6.43. The van der Waals surface area contributed by atoms with Crippen LogP contribution in [0.15, 0.2) is 0 Å². The van der Waals surface area contributed by atoms with Crippen molar-refractivity contribution in [2.75, 3.05) is 12.0 Å². The van der Waals surface area contributed by atoms with Crippen LogP contribution in [0.2, 0.25) is 0 Å². The standard InChI is InChI=1S/C13H23NS/c1-3-12-5-8-13(11-14,9-6-12)7-4-10-15-2/h12H,3-10H2,1-2H3. The molecular formula is C13H23NS. The van der Waals surface area contributed by atoms with Crippen LogP contribution in [0.4, 0.5) is 0 Å². The molecule has 0 radical (unpaired) electrons. The highest BCUT2D eigenvalue weighted by Gasteiger charge is 2.34. The number of hydrogen-bond donors (Lipinski definition) is 0. The Bertz CT molecular complexity index is 206. The first-order chi connectivity index (χ1) is 7.26. The number of nitrogens with zero attached hydrogens (tertiary/aromatic N) is 1. The summed E-state index contributed by atoms with van der Waals surface area (Å²) in [6.45, 7) is 2.28. The summed E-state index contributed by atoms with van der Waals surface area (Å²) in [5.41, 5.74) is 0.0431. The summed E-state index contributed by atoms with van der Waals surface area (Å²) >= 11 is 1.90. The third-order valence-electron chi connectivity index (χ3n) is 3.88. The highest BCUT2D eigenvalue weighted by atomic mass is 32.2. The van der Waals surface area contributed by atoms with Crippen molar-refractivity contribution >= 4 is 11.8 Å². The molecule has 0 aromatic rings. The van der Waals surface area contributed by atoms with Crippen LogP contribution in [0.1, 0.15) is 51.9 Å². The van der Waals surface area contributed by atoms with Crippen molar-refractivity contribution in [3.05, 3.63) is 0 Å². The summed E-state index contributed by atoms with van der Waals surface area (Å²) < 4.78 is 0. The van der Waals surface area contributed by atoms with E-state index >= 15 is 0 Å². The highest BCUT2D eigenvalue weighted by molar-refractivity contribution is 7.98. The molecule has 1 fully saturated rings. The average molecular weight is 225 g/mol. The summed E-state index contributed by atoms with van der Waals surface area (Å²) in [4.78, 5) is 0. The van der Waals surface area contributed by atoms with E-state index in [-0.39, 0.29) is 5.41 Å². The van der Waals surface area contributed by atoms with Gasteiger partial charge in [-0.25, -0.2) is 0 Å². The van der Waals surface area contributed by atoms with Gasteiger partial charge in [-0.05, 0) is 56.5 Å². The number of rotatable bonds is 5. The predicted molar refractivity (Wildman–Crippen MR) is 67.9 cm³/mol. The Morgan fingerprint density at radius 1 is 1.40 bits per heavy atom. The topological polar surface area (TPSA) is 23.8 Å². The minimum Gasteiger partial charge on any atom is -0.198 e. The summed E-state index contributed by atoms with van der Waals surface area (Å²) in [7, 11) is 0. The molecular weight excluding hydrogens is 202 g/mol. The highest BCUT2D eigenvalue weighted by Crippen LogP contribution is 2.42. The normalized spacial score (nSPS) is 31.1.